The number of rotatable bonds is 10. The van der Waals surface area contributed by atoms with Crippen molar-refractivity contribution in [3.05, 3.63) is 35.2 Å². The number of allylic oxidation sites excluding steroid dienone is 2. The average Bonchev–Trinajstić information content (AvgIpc) is 3.63. The molecule has 7 rings (SSSR count). The lowest BCUT2D eigenvalue weighted by atomic mass is 9.33. The molecule has 11 nitrogen and oxygen atoms in total. The van der Waals surface area contributed by atoms with Crippen LogP contribution in [0.15, 0.2) is 23.5 Å². The zero-order chi connectivity index (χ0) is 40.8. The smallest absolute Gasteiger partial charge is 0.309 e. The zero-order valence-corrected chi connectivity index (χ0v) is 35.0. The summed E-state index contributed by atoms with van der Waals surface area (Å²) < 4.78 is 21.9. The van der Waals surface area contributed by atoms with E-state index in [-0.39, 0.29) is 57.2 Å². The predicted octanol–water partition coefficient (Wildman–Crippen LogP) is 7.77. The van der Waals surface area contributed by atoms with E-state index in [4.69, 9.17) is 10.5 Å². The number of hydrogen-bond donors (Lipinski definition) is 2. The first-order valence-corrected chi connectivity index (χ1v) is 21.0. The van der Waals surface area contributed by atoms with Crippen molar-refractivity contribution in [2.24, 2.45) is 61.9 Å². The Hall–Kier alpha value is -3.54. The largest absolute Gasteiger partial charge is 0.481 e. The van der Waals surface area contributed by atoms with Crippen LogP contribution >= 0.6 is 0 Å². The molecule has 0 radical (unpaired) electrons. The van der Waals surface area contributed by atoms with Gasteiger partial charge in [0, 0.05) is 36.8 Å². The third kappa shape index (κ3) is 6.08. The number of ketones is 1. The number of nitrogens with two attached hydrogens (primary N) is 1. The molecule has 2 heterocycles. The van der Waals surface area contributed by atoms with E-state index in [2.05, 4.69) is 68.6 Å². The topological polar surface area (TPSA) is 163 Å². The fourth-order valence-corrected chi connectivity index (χ4v) is 13.5. The number of carboxylic acids is 1. The number of ether oxygens (including phenoxy) is 1. The van der Waals surface area contributed by atoms with Gasteiger partial charge in [-0.25, -0.2) is 14.4 Å². The minimum absolute atomic E-state index is 0.0264. The summed E-state index contributed by atoms with van der Waals surface area (Å²) in [6.45, 7) is 20.4. The Kier molecular flexibility index (Phi) is 10.0. The fourth-order valence-electron chi connectivity index (χ4n) is 13.5. The number of carbonyl (C=O) groups excluding carboxylic acids is 2. The molecule has 1 unspecified atom stereocenters. The summed E-state index contributed by atoms with van der Waals surface area (Å²) in [6.07, 6.45) is 10.7. The molecular formula is C44H63FN6O5. The summed E-state index contributed by atoms with van der Waals surface area (Å²) in [7, 11) is 0. The molecule has 0 aliphatic heterocycles. The predicted molar refractivity (Wildman–Crippen MR) is 209 cm³/mol. The lowest BCUT2D eigenvalue weighted by Gasteiger charge is -2.72. The minimum atomic E-state index is -1.18. The van der Waals surface area contributed by atoms with Crippen molar-refractivity contribution < 1.29 is 28.6 Å². The quantitative estimate of drug-likeness (QED) is 0.228. The highest BCUT2D eigenvalue weighted by Crippen LogP contribution is 2.77. The highest BCUT2D eigenvalue weighted by molar-refractivity contribution is 6.00. The van der Waals surface area contributed by atoms with E-state index in [0.717, 1.165) is 75.2 Å². The third-order valence-electron chi connectivity index (χ3n) is 16.4. The Balaban J connectivity index is 1.20. The molecule has 4 fully saturated rings. The van der Waals surface area contributed by atoms with Gasteiger partial charge in [-0.15, -0.1) is 10.2 Å². The summed E-state index contributed by atoms with van der Waals surface area (Å²) in [5, 5.41) is 18.8. The number of halogens is 1. The van der Waals surface area contributed by atoms with Crippen molar-refractivity contribution in [2.45, 2.75) is 146 Å². The molecule has 2 aromatic rings. The van der Waals surface area contributed by atoms with Crippen LogP contribution in [0.1, 0.15) is 132 Å². The second-order valence-corrected chi connectivity index (χ2v) is 20.5. The van der Waals surface area contributed by atoms with Crippen LogP contribution in [0.4, 0.5) is 4.39 Å². The van der Waals surface area contributed by atoms with Gasteiger partial charge in [-0.3, -0.25) is 14.4 Å². The van der Waals surface area contributed by atoms with Crippen LogP contribution in [0.2, 0.25) is 0 Å². The van der Waals surface area contributed by atoms with Crippen molar-refractivity contribution in [3.8, 4) is 11.6 Å². The number of aromatic nitrogens is 5. The van der Waals surface area contributed by atoms with Crippen LogP contribution in [0.3, 0.4) is 0 Å². The van der Waals surface area contributed by atoms with Crippen LogP contribution in [0.25, 0.3) is 11.6 Å². The van der Waals surface area contributed by atoms with E-state index in [0.29, 0.717) is 49.4 Å². The van der Waals surface area contributed by atoms with Gasteiger partial charge >= 0.3 is 11.9 Å². The second-order valence-electron chi connectivity index (χ2n) is 20.5. The van der Waals surface area contributed by atoms with E-state index in [9.17, 15) is 23.9 Å². The number of esters is 1. The SMILES string of the molecule is CC(C)C1=C2C3CC[C@@H]4[C@@]5(C)CC[C@H](OC(=O)CC(C)(C)C(=O)O)C(C)(C)[C@@H]5CC[C@@]4(C)[C@]3(C)CC[C@@]2(Cc2nnc(-c3ncc(F)cn3)n2CCN)CC1=O. The van der Waals surface area contributed by atoms with Crippen LogP contribution in [0, 0.1) is 62.0 Å². The third-order valence-corrected chi connectivity index (χ3v) is 16.4. The molecule has 0 spiro atoms. The van der Waals surface area contributed by atoms with E-state index >= 15 is 0 Å². The summed E-state index contributed by atoms with van der Waals surface area (Å²) in [5.74, 6) is 0.993. The van der Waals surface area contributed by atoms with Gasteiger partial charge in [0.15, 0.2) is 17.4 Å². The van der Waals surface area contributed by atoms with Gasteiger partial charge in [0.05, 0.1) is 24.2 Å². The summed E-state index contributed by atoms with van der Waals surface area (Å²) in [6, 6.07) is 0. The number of carbonyl (C=O) groups is 3. The molecule has 12 heteroatoms. The van der Waals surface area contributed by atoms with Crippen molar-refractivity contribution in [1.82, 2.24) is 24.7 Å². The van der Waals surface area contributed by atoms with Crippen LogP contribution in [-0.2, 0) is 32.1 Å². The molecule has 3 N–H and O–H groups in total. The van der Waals surface area contributed by atoms with Crippen molar-refractivity contribution in [3.63, 3.8) is 0 Å². The molecular weight excluding hydrogens is 712 g/mol. The maximum Gasteiger partial charge on any atom is 0.309 e. The van der Waals surface area contributed by atoms with Crippen LogP contribution in [-0.4, -0.2) is 60.2 Å². The first-order valence-electron chi connectivity index (χ1n) is 21.0. The molecule has 0 saturated heterocycles. The van der Waals surface area contributed by atoms with Gasteiger partial charge < -0.3 is 20.1 Å². The summed E-state index contributed by atoms with van der Waals surface area (Å²) >= 11 is 0. The van der Waals surface area contributed by atoms with E-state index in [1.165, 1.54) is 5.57 Å². The van der Waals surface area contributed by atoms with Gasteiger partial charge in [-0.1, -0.05) is 54.0 Å². The van der Waals surface area contributed by atoms with Gasteiger partial charge in [0.1, 0.15) is 11.9 Å². The maximum atomic E-state index is 14.3. The molecule has 0 amide bonds. The van der Waals surface area contributed by atoms with E-state index in [1.54, 1.807) is 13.8 Å². The van der Waals surface area contributed by atoms with E-state index in [1.807, 2.05) is 4.57 Å². The van der Waals surface area contributed by atoms with Crippen LogP contribution < -0.4 is 5.73 Å². The highest BCUT2D eigenvalue weighted by atomic mass is 19.1. The van der Waals surface area contributed by atoms with Gasteiger partial charge in [0.25, 0.3) is 0 Å². The Morgan fingerprint density at radius 3 is 2.32 bits per heavy atom. The Morgan fingerprint density at radius 1 is 0.982 bits per heavy atom. The molecule has 56 heavy (non-hydrogen) atoms. The number of fused-ring (bicyclic) bond motifs is 7. The first-order chi connectivity index (χ1) is 26.1. The number of hydrogen-bond acceptors (Lipinski definition) is 9. The Bertz CT molecular complexity index is 1940. The van der Waals surface area contributed by atoms with Gasteiger partial charge in [0.2, 0.25) is 5.82 Å². The standard InChI is InChI=1S/C44H63FN6O5/c1-25(2)34-28(52)20-44(21-32-49-50-37(51(32)19-18-46)36-47-23-26(45)24-48-36)17-16-42(8)27(35(34)44)10-11-30-41(7)14-13-31(56-33(53)22-39(3,4)38(54)55)40(5,6)29(41)12-15-43(30,42)9/h23-25,27,29-31H,10-22,46H2,1-9H3,(H,54,55)/t27?,29-,30+,31-,41-,42+,43+,44-/m0/s1. The number of Topliss-reactive ketones (excluding diaryl/α,β-unsaturated/α-hetero) is 1. The number of aliphatic carboxylic acids is 1. The highest BCUT2D eigenvalue weighted by Gasteiger charge is 2.70. The van der Waals surface area contributed by atoms with Crippen molar-refractivity contribution >= 4 is 17.7 Å². The van der Waals surface area contributed by atoms with Gasteiger partial charge in [-0.2, -0.15) is 0 Å². The molecule has 0 aromatic carbocycles. The van der Waals surface area contributed by atoms with Crippen molar-refractivity contribution in [1.29, 1.82) is 0 Å². The first kappa shape index (κ1) is 40.6. The summed E-state index contributed by atoms with van der Waals surface area (Å²) in [5.41, 5.74) is 6.73. The second kappa shape index (κ2) is 13.8. The van der Waals surface area contributed by atoms with Gasteiger partial charge in [-0.05, 0) is 111 Å². The monoisotopic (exact) mass is 774 g/mol. The molecule has 5 aliphatic rings. The molecule has 5 aliphatic carbocycles. The minimum Gasteiger partial charge on any atom is -0.481 e. The zero-order valence-electron chi connectivity index (χ0n) is 35.0. The normalized spacial score (nSPS) is 35.1. The number of carboxylic acid groups (broad SMARTS) is 1. The lowest BCUT2D eigenvalue weighted by molar-refractivity contribution is -0.233. The maximum absolute atomic E-state index is 14.3. The van der Waals surface area contributed by atoms with E-state index < -0.39 is 23.2 Å². The summed E-state index contributed by atoms with van der Waals surface area (Å²) in [4.78, 5) is 47.6. The molecule has 306 valence electrons. The Labute approximate surface area is 331 Å². The molecule has 8 atom stereocenters. The number of nitrogens with zero attached hydrogens (tertiary/aromatic N) is 5. The molecule has 2 aromatic heterocycles. The fraction of sp³-hybridized carbons (Fsp3) is 0.750. The molecule has 0 bridgehead atoms. The van der Waals surface area contributed by atoms with Crippen molar-refractivity contribution in [2.75, 3.05) is 6.54 Å². The average molecular weight is 775 g/mol. The Morgan fingerprint density at radius 2 is 1.68 bits per heavy atom. The lowest BCUT2D eigenvalue weighted by Crippen LogP contribution is -2.65. The van der Waals surface area contributed by atoms with Crippen LogP contribution in [0.5, 0.6) is 0 Å². The molecule has 4 saturated carbocycles.